The molecule has 1 aromatic carbocycles. The van der Waals surface area contributed by atoms with Crippen LogP contribution in [0.5, 0.6) is 0 Å². The average molecular weight is 273 g/mol. The lowest BCUT2D eigenvalue weighted by Gasteiger charge is -2.10. The van der Waals surface area contributed by atoms with Crippen LogP contribution in [0.4, 0.5) is 5.69 Å². The fraction of sp³-hybridized carbons (Fsp3) is 0.500. The number of hydrogen-bond acceptors (Lipinski definition) is 5. The summed E-state index contributed by atoms with van der Waals surface area (Å²) in [5.74, 6) is 0.783. The number of aromatic nitrogens is 4. The lowest BCUT2D eigenvalue weighted by Crippen LogP contribution is -2.12. The molecule has 0 bridgehead atoms. The highest BCUT2D eigenvalue weighted by molar-refractivity contribution is 5.61. The van der Waals surface area contributed by atoms with Crippen molar-refractivity contribution in [2.75, 3.05) is 12.3 Å². The van der Waals surface area contributed by atoms with Gasteiger partial charge in [0.1, 0.15) is 0 Å². The van der Waals surface area contributed by atoms with E-state index < -0.39 is 0 Å². The third-order valence-electron chi connectivity index (χ3n) is 3.75. The number of ether oxygens (including phenoxy) is 1. The molecule has 0 aliphatic carbocycles. The van der Waals surface area contributed by atoms with Crippen LogP contribution in [0, 0.1) is 6.92 Å². The van der Waals surface area contributed by atoms with Crippen LogP contribution in [0.15, 0.2) is 18.2 Å². The van der Waals surface area contributed by atoms with Crippen molar-refractivity contribution in [2.24, 2.45) is 0 Å². The lowest BCUT2D eigenvalue weighted by molar-refractivity contribution is 0.0994. The molecule has 1 aromatic heterocycles. The Hall–Kier alpha value is -1.95. The van der Waals surface area contributed by atoms with Gasteiger partial charge in [0.05, 0.1) is 6.10 Å². The quantitative estimate of drug-likeness (QED) is 0.859. The molecule has 6 nitrogen and oxygen atoms in total. The van der Waals surface area contributed by atoms with E-state index in [2.05, 4.69) is 15.5 Å². The normalized spacial score (nSPS) is 18.6. The van der Waals surface area contributed by atoms with Crippen LogP contribution < -0.4 is 5.73 Å². The van der Waals surface area contributed by atoms with E-state index in [9.17, 15) is 0 Å². The number of nitrogen functional groups attached to an aromatic ring is 1. The number of nitrogens with two attached hydrogens (primary N) is 1. The Balaban J connectivity index is 1.76. The molecule has 1 aliphatic rings. The summed E-state index contributed by atoms with van der Waals surface area (Å²) < 4.78 is 7.47. The first kappa shape index (κ1) is 13.1. The van der Waals surface area contributed by atoms with Gasteiger partial charge in [-0.15, -0.1) is 5.10 Å². The number of anilines is 1. The van der Waals surface area contributed by atoms with Crippen LogP contribution in [0.2, 0.25) is 0 Å². The second kappa shape index (κ2) is 5.58. The smallest absolute Gasteiger partial charge is 0.182 e. The molecule has 2 N–H and O–H groups in total. The molecule has 1 aliphatic heterocycles. The molecule has 2 aromatic rings. The number of nitrogens with zero attached hydrogens (tertiary/aromatic N) is 4. The van der Waals surface area contributed by atoms with Gasteiger partial charge in [0.15, 0.2) is 5.82 Å². The molecular formula is C14H19N5O. The first-order valence-electron chi connectivity index (χ1n) is 6.98. The molecule has 3 rings (SSSR count). The maximum Gasteiger partial charge on any atom is 0.182 e. The van der Waals surface area contributed by atoms with E-state index in [-0.39, 0.29) is 0 Å². The standard InChI is InChI=1S/C14H19N5O/c1-10-9-11(4-5-13(10)15)14-16-17-18-19(14)7-6-12-3-2-8-20-12/h4-5,9,12H,2-3,6-8,15H2,1H3. The predicted octanol–water partition coefficient (Wildman–Crippen LogP) is 1.80. The van der Waals surface area contributed by atoms with E-state index in [1.165, 1.54) is 0 Å². The van der Waals surface area contributed by atoms with Crippen molar-refractivity contribution in [1.82, 2.24) is 20.2 Å². The highest BCUT2D eigenvalue weighted by Gasteiger charge is 2.17. The van der Waals surface area contributed by atoms with Crippen molar-refractivity contribution in [3.8, 4) is 11.4 Å². The van der Waals surface area contributed by atoms with Crippen LogP contribution in [-0.2, 0) is 11.3 Å². The SMILES string of the molecule is Cc1cc(-c2nnnn2CCC2CCCO2)ccc1N. The van der Waals surface area contributed by atoms with Crippen molar-refractivity contribution >= 4 is 5.69 Å². The summed E-state index contributed by atoms with van der Waals surface area (Å²) >= 11 is 0. The summed E-state index contributed by atoms with van der Waals surface area (Å²) in [4.78, 5) is 0. The maximum atomic E-state index is 5.85. The molecule has 1 unspecified atom stereocenters. The zero-order chi connectivity index (χ0) is 13.9. The molecule has 2 heterocycles. The number of tetrazole rings is 1. The second-order valence-corrected chi connectivity index (χ2v) is 5.22. The van der Waals surface area contributed by atoms with E-state index >= 15 is 0 Å². The monoisotopic (exact) mass is 273 g/mol. The molecule has 0 radical (unpaired) electrons. The van der Waals surface area contributed by atoms with Crippen molar-refractivity contribution in [1.29, 1.82) is 0 Å². The van der Waals surface area contributed by atoms with Gasteiger partial charge in [-0.2, -0.15) is 0 Å². The largest absolute Gasteiger partial charge is 0.399 e. The number of benzene rings is 1. The van der Waals surface area contributed by atoms with Gasteiger partial charge in [0.2, 0.25) is 0 Å². The van der Waals surface area contributed by atoms with E-state index in [0.717, 1.165) is 55.1 Å². The Labute approximate surface area is 117 Å². The highest BCUT2D eigenvalue weighted by Crippen LogP contribution is 2.22. The topological polar surface area (TPSA) is 78.8 Å². The number of hydrogen-bond donors (Lipinski definition) is 1. The molecule has 0 amide bonds. The van der Waals surface area contributed by atoms with Gasteiger partial charge >= 0.3 is 0 Å². The van der Waals surface area contributed by atoms with Crippen LogP contribution in [0.3, 0.4) is 0 Å². The van der Waals surface area contributed by atoms with Gasteiger partial charge in [-0.25, -0.2) is 4.68 Å². The molecular weight excluding hydrogens is 254 g/mol. The first-order chi connectivity index (χ1) is 9.74. The molecule has 1 fully saturated rings. The predicted molar refractivity (Wildman–Crippen MR) is 76.0 cm³/mol. The van der Waals surface area contributed by atoms with Crippen molar-refractivity contribution in [2.45, 2.75) is 38.8 Å². The molecule has 0 spiro atoms. The lowest BCUT2D eigenvalue weighted by atomic mass is 10.1. The maximum absolute atomic E-state index is 5.85. The molecule has 6 heteroatoms. The summed E-state index contributed by atoms with van der Waals surface area (Å²) in [5, 5.41) is 12.0. The van der Waals surface area contributed by atoms with Crippen LogP contribution >= 0.6 is 0 Å². The van der Waals surface area contributed by atoms with Crippen LogP contribution in [-0.4, -0.2) is 32.9 Å². The summed E-state index contributed by atoms with van der Waals surface area (Å²) in [5.41, 5.74) is 8.66. The fourth-order valence-corrected chi connectivity index (χ4v) is 2.52. The minimum Gasteiger partial charge on any atom is -0.399 e. The van der Waals surface area contributed by atoms with E-state index in [1.54, 1.807) is 0 Å². The molecule has 0 saturated carbocycles. The second-order valence-electron chi connectivity index (χ2n) is 5.22. The summed E-state index contributed by atoms with van der Waals surface area (Å²) in [6.07, 6.45) is 3.59. The fourth-order valence-electron chi connectivity index (χ4n) is 2.52. The summed E-state index contributed by atoms with van der Waals surface area (Å²) in [6.45, 7) is 3.64. The Kier molecular flexibility index (Phi) is 3.64. The van der Waals surface area contributed by atoms with E-state index in [4.69, 9.17) is 10.5 Å². The zero-order valence-corrected chi connectivity index (χ0v) is 11.6. The first-order valence-corrected chi connectivity index (χ1v) is 6.98. The van der Waals surface area contributed by atoms with Crippen LogP contribution in [0.25, 0.3) is 11.4 Å². The Morgan fingerprint density at radius 3 is 3.10 bits per heavy atom. The van der Waals surface area contributed by atoms with E-state index in [1.807, 2.05) is 29.8 Å². The summed E-state index contributed by atoms with van der Waals surface area (Å²) in [6, 6.07) is 5.87. The molecule has 106 valence electrons. The average Bonchev–Trinajstić information content (AvgIpc) is 3.10. The highest BCUT2D eigenvalue weighted by atomic mass is 16.5. The minimum atomic E-state index is 0.347. The van der Waals surface area contributed by atoms with Gasteiger partial charge in [0.25, 0.3) is 0 Å². The van der Waals surface area contributed by atoms with Gasteiger partial charge < -0.3 is 10.5 Å². The Morgan fingerprint density at radius 1 is 1.45 bits per heavy atom. The van der Waals surface area contributed by atoms with Crippen molar-refractivity contribution in [3.05, 3.63) is 23.8 Å². The third-order valence-corrected chi connectivity index (χ3v) is 3.75. The van der Waals surface area contributed by atoms with Crippen molar-refractivity contribution in [3.63, 3.8) is 0 Å². The Morgan fingerprint density at radius 2 is 2.35 bits per heavy atom. The number of rotatable bonds is 4. The van der Waals surface area contributed by atoms with Gasteiger partial charge in [0, 0.05) is 24.4 Å². The third kappa shape index (κ3) is 2.65. The number of aryl methyl sites for hydroxylation is 2. The molecule has 20 heavy (non-hydrogen) atoms. The zero-order valence-electron chi connectivity index (χ0n) is 11.6. The molecule has 1 atom stereocenters. The van der Waals surface area contributed by atoms with Gasteiger partial charge in [-0.05, 0) is 60.4 Å². The van der Waals surface area contributed by atoms with E-state index in [0.29, 0.717) is 6.10 Å². The molecule has 1 saturated heterocycles. The summed E-state index contributed by atoms with van der Waals surface area (Å²) in [7, 11) is 0. The Bertz CT molecular complexity index is 589. The van der Waals surface area contributed by atoms with Crippen LogP contribution in [0.1, 0.15) is 24.8 Å². The minimum absolute atomic E-state index is 0.347. The van der Waals surface area contributed by atoms with Crippen molar-refractivity contribution < 1.29 is 4.74 Å². The van der Waals surface area contributed by atoms with Gasteiger partial charge in [-0.3, -0.25) is 0 Å². The van der Waals surface area contributed by atoms with Gasteiger partial charge in [-0.1, -0.05) is 0 Å².